The van der Waals surface area contributed by atoms with E-state index in [-0.39, 0.29) is 6.04 Å². The van der Waals surface area contributed by atoms with E-state index in [1.807, 2.05) is 19.2 Å². The second kappa shape index (κ2) is 5.85. The second-order valence-electron chi connectivity index (χ2n) is 4.81. The van der Waals surface area contributed by atoms with Crippen LogP contribution in [0.3, 0.4) is 0 Å². The van der Waals surface area contributed by atoms with Crippen LogP contribution in [0.2, 0.25) is 0 Å². The van der Waals surface area contributed by atoms with Gasteiger partial charge in [0.25, 0.3) is 0 Å². The number of benzene rings is 1. The first-order valence-electron chi connectivity index (χ1n) is 6.67. The molecule has 0 spiro atoms. The molecule has 0 aliphatic heterocycles. The zero-order valence-electron chi connectivity index (χ0n) is 11.8. The van der Waals surface area contributed by atoms with E-state index >= 15 is 0 Å². The largest absolute Gasteiger partial charge is 0.341 e. The maximum absolute atomic E-state index is 5.82. The van der Waals surface area contributed by atoms with Crippen molar-refractivity contribution >= 4 is 11.4 Å². The van der Waals surface area contributed by atoms with Gasteiger partial charge >= 0.3 is 0 Å². The van der Waals surface area contributed by atoms with E-state index in [0.29, 0.717) is 0 Å². The van der Waals surface area contributed by atoms with E-state index in [9.17, 15) is 0 Å². The van der Waals surface area contributed by atoms with Crippen molar-refractivity contribution < 1.29 is 0 Å². The van der Waals surface area contributed by atoms with E-state index in [0.717, 1.165) is 17.9 Å². The van der Waals surface area contributed by atoms with Crippen molar-refractivity contribution in [2.45, 2.75) is 26.8 Å². The molecular weight excluding hydrogens is 234 g/mol. The topological polar surface area (TPSA) is 42.1 Å². The minimum Gasteiger partial charge on any atom is -0.341 e. The highest BCUT2D eigenvalue weighted by atomic mass is 15.1. The van der Waals surface area contributed by atoms with Crippen LogP contribution in [0.25, 0.3) is 0 Å². The monoisotopic (exact) mass is 255 g/mol. The van der Waals surface area contributed by atoms with E-state index in [2.05, 4.69) is 54.1 Å². The van der Waals surface area contributed by atoms with E-state index in [1.54, 1.807) is 0 Å². The molecule has 0 unspecified atom stereocenters. The number of pyridine rings is 1. The third kappa shape index (κ3) is 3.12. The summed E-state index contributed by atoms with van der Waals surface area (Å²) in [5, 5.41) is 0. The lowest BCUT2D eigenvalue weighted by molar-refractivity contribution is 0.780. The third-order valence-electron chi connectivity index (χ3n) is 3.21. The molecule has 0 radical (unpaired) electrons. The summed E-state index contributed by atoms with van der Waals surface area (Å²) in [5.74, 6) is 0. The Labute approximate surface area is 115 Å². The molecule has 0 bridgehead atoms. The molecule has 2 rings (SSSR count). The molecule has 0 aliphatic rings. The fourth-order valence-electron chi connectivity index (χ4n) is 2.07. The highest BCUT2D eigenvalue weighted by Gasteiger charge is 2.08. The van der Waals surface area contributed by atoms with Gasteiger partial charge in [0.15, 0.2) is 0 Å². The van der Waals surface area contributed by atoms with Crippen molar-refractivity contribution in [1.82, 2.24) is 4.98 Å². The molecule has 3 nitrogen and oxygen atoms in total. The first kappa shape index (κ1) is 13.6. The van der Waals surface area contributed by atoms with Crippen LogP contribution >= 0.6 is 0 Å². The van der Waals surface area contributed by atoms with Gasteiger partial charge in [0, 0.05) is 18.3 Å². The van der Waals surface area contributed by atoms with Crippen molar-refractivity contribution in [3.63, 3.8) is 0 Å². The highest BCUT2D eigenvalue weighted by Crippen LogP contribution is 2.25. The van der Waals surface area contributed by atoms with Crippen LogP contribution < -0.4 is 10.6 Å². The highest BCUT2D eigenvalue weighted by molar-refractivity contribution is 5.62. The van der Waals surface area contributed by atoms with Crippen LogP contribution in [0.5, 0.6) is 0 Å². The molecule has 0 aliphatic carbocycles. The van der Waals surface area contributed by atoms with Crippen molar-refractivity contribution in [2.24, 2.45) is 5.73 Å². The minimum absolute atomic E-state index is 0.0245. The lowest BCUT2D eigenvalue weighted by Gasteiger charge is -2.23. The predicted octanol–water partition coefficient (Wildman–Crippen LogP) is 3.57. The molecule has 19 heavy (non-hydrogen) atoms. The molecule has 1 atom stereocenters. The fraction of sp³-hybridized carbons (Fsp3) is 0.312. The Morgan fingerprint density at radius 3 is 2.21 bits per heavy atom. The smallest absolute Gasteiger partial charge is 0.0597 e. The fourth-order valence-corrected chi connectivity index (χ4v) is 2.07. The quantitative estimate of drug-likeness (QED) is 0.908. The number of nitrogens with two attached hydrogens (primary N) is 1. The zero-order valence-corrected chi connectivity index (χ0v) is 11.8. The van der Waals surface area contributed by atoms with E-state index < -0.39 is 0 Å². The van der Waals surface area contributed by atoms with Gasteiger partial charge in [-0.25, -0.2) is 0 Å². The van der Waals surface area contributed by atoms with Crippen LogP contribution in [0, 0.1) is 6.92 Å². The van der Waals surface area contributed by atoms with Gasteiger partial charge in [-0.15, -0.1) is 0 Å². The van der Waals surface area contributed by atoms with Gasteiger partial charge in [-0.1, -0.05) is 17.7 Å². The number of anilines is 2. The van der Waals surface area contributed by atoms with Crippen molar-refractivity contribution in [2.75, 3.05) is 11.4 Å². The molecule has 100 valence electrons. The normalized spacial score (nSPS) is 12.2. The van der Waals surface area contributed by atoms with Crippen LogP contribution in [0.4, 0.5) is 11.4 Å². The number of rotatable bonds is 4. The Balaban J connectivity index is 2.28. The number of hydrogen-bond donors (Lipinski definition) is 1. The summed E-state index contributed by atoms with van der Waals surface area (Å²) in [4.78, 5) is 6.66. The third-order valence-corrected chi connectivity index (χ3v) is 3.21. The molecule has 0 fully saturated rings. The average molecular weight is 255 g/mol. The van der Waals surface area contributed by atoms with Crippen molar-refractivity contribution in [3.05, 3.63) is 53.9 Å². The molecule has 2 aromatic rings. The van der Waals surface area contributed by atoms with Crippen LogP contribution in [-0.4, -0.2) is 11.5 Å². The number of aromatic nitrogens is 1. The Hall–Kier alpha value is -1.87. The Bertz CT molecular complexity index is 515. The Morgan fingerprint density at radius 1 is 1.11 bits per heavy atom. The standard InChI is InChI=1S/C16H21N3/c1-4-19(14-7-5-12(2)6-8-14)15-9-10-16(13(3)17)18-11-15/h5-11,13H,4,17H2,1-3H3/t13-/m0/s1. The van der Waals surface area contributed by atoms with Crippen LogP contribution in [-0.2, 0) is 0 Å². The molecule has 2 N–H and O–H groups in total. The molecule has 1 aromatic heterocycles. The molecule has 0 amide bonds. The molecule has 3 heteroatoms. The van der Waals surface area contributed by atoms with Gasteiger partial charge < -0.3 is 10.6 Å². The van der Waals surface area contributed by atoms with E-state index in [1.165, 1.54) is 11.3 Å². The lowest BCUT2D eigenvalue weighted by Crippen LogP contribution is -2.16. The van der Waals surface area contributed by atoms with Crippen molar-refractivity contribution in [3.8, 4) is 0 Å². The second-order valence-corrected chi connectivity index (χ2v) is 4.81. The lowest BCUT2D eigenvalue weighted by atomic mass is 10.2. The Kier molecular flexibility index (Phi) is 4.17. The maximum atomic E-state index is 5.82. The summed E-state index contributed by atoms with van der Waals surface area (Å²) in [5.41, 5.74) is 10.3. The molecular formula is C16H21N3. The summed E-state index contributed by atoms with van der Waals surface area (Å²) < 4.78 is 0. The van der Waals surface area contributed by atoms with E-state index in [4.69, 9.17) is 5.73 Å². The van der Waals surface area contributed by atoms with Gasteiger partial charge in [0.2, 0.25) is 0 Å². The summed E-state index contributed by atoms with van der Waals surface area (Å²) in [6.45, 7) is 7.08. The van der Waals surface area contributed by atoms with Gasteiger partial charge in [-0.05, 0) is 45.0 Å². The summed E-state index contributed by atoms with van der Waals surface area (Å²) in [6.07, 6.45) is 1.89. The molecule has 0 saturated carbocycles. The Morgan fingerprint density at radius 2 is 1.74 bits per heavy atom. The van der Waals surface area contributed by atoms with Crippen molar-refractivity contribution in [1.29, 1.82) is 0 Å². The molecule has 0 saturated heterocycles. The predicted molar refractivity (Wildman–Crippen MR) is 80.7 cm³/mol. The minimum atomic E-state index is -0.0245. The molecule has 1 heterocycles. The summed E-state index contributed by atoms with van der Waals surface area (Å²) in [6, 6.07) is 12.6. The van der Waals surface area contributed by atoms with Gasteiger partial charge in [-0.3, -0.25) is 4.98 Å². The van der Waals surface area contributed by atoms with Gasteiger partial charge in [-0.2, -0.15) is 0 Å². The maximum Gasteiger partial charge on any atom is 0.0597 e. The number of aryl methyl sites for hydroxylation is 1. The van der Waals surface area contributed by atoms with Gasteiger partial charge in [0.05, 0.1) is 17.6 Å². The SMILES string of the molecule is CCN(c1ccc(C)cc1)c1ccc([C@H](C)N)nc1. The first-order valence-corrected chi connectivity index (χ1v) is 6.67. The molecule has 1 aromatic carbocycles. The average Bonchev–Trinajstić information content (AvgIpc) is 2.42. The number of hydrogen-bond acceptors (Lipinski definition) is 3. The first-order chi connectivity index (χ1) is 9.11. The van der Waals surface area contributed by atoms with Crippen LogP contribution in [0.1, 0.15) is 31.1 Å². The summed E-state index contributed by atoms with van der Waals surface area (Å²) in [7, 11) is 0. The van der Waals surface area contributed by atoms with Crippen LogP contribution in [0.15, 0.2) is 42.6 Å². The zero-order chi connectivity index (χ0) is 13.8. The van der Waals surface area contributed by atoms with Gasteiger partial charge in [0.1, 0.15) is 0 Å². The number of nitrogens with zero attached hydrogens (tertiary/aromatic N) is 2. The summed E-state index contributed by atoms with van der Waals surface area (Å²) >= 11 is 0.